The molecule has 0 radical (unpaired) electrons. The Hall–Kier alpha value is -1.24. The van der Waals surface area contributed by atoms with Crippen LogP contribution >= 0.6 is 0 Å². The van der Waals surface area contributed by atoms with Crippen LogP contribution in [0.2, 0.25) is 0 Å². The topological polar surface area (TPSA) is 26.0 Å². The van der Waals surface area contributed by atoms with E-state index < -0.39 is 0 Å². The molecule has 0 bridgehead atoms. The van der Waals surface area contributed by atoms with Gasteiger partial charge in [0.25, 0.3) is 0 Å². The molecule has 1 atom stereocenters. The highest BCUT2D eigenvalue weighted by atomic mass is 14.6. The van der Waals surface area contributed by atoms with Crippen LogP contribution in [0.5, 0.6) is 0 Å². The molecule has 1 aliphatic carbocycles. The lowest BCUT2D eigenvalue weighted by atomic mass is 9.88. The smallest absolute Gasteiger partial charge is 0.0346 e. The molecule has 2 N–H and O–H groups in total. The molecule has 0 aromatic heterocycles. The number of hydrogen-bond acceptors (Lipinski definition) is 1. The van der Waals surface area contributed by atoms with Gasteiger partial charge in [0.2, 0.25) is 0 Å². The van der Waals surface area contributed by atoms with E-state index in [0.717, 1.165) is 18.0 Å². The molecular weight excluding hydrogens is 170 g/mol. The Morgan fingerprint density at radius 1 is 1.21 bits per heavy atom. The van der Waals surface area contributed by atoms with Gasteiger partial charge in [-0.25, -0.2) is 0 Å². The number of rotatable bonds is 2. The maximum absolute atomic E-state index is 5.92. The van der Waals surface area contributed by atoms with Crippen LogP contribution < -0.4 is 5.73 Å². The van der Waals surface area contributed by atoms with Crippen LogP contribution in [-0.4, -0.2) is 0 Å². The van der Waals surface area contributed by atoms with Gasteiger partial charge in [-0.15, -0.1) is 0 Å². The monoisotopic (exact) mass is 187 g/mol. The number of nitrogens with two attached hydrogens (primary N) is 1. The zero-order valence-corrected chi connectivity index (χ0v) is 8.45. The van der Waals surface area contributed by atoms with E-state index in [1.807, 2.05) is 12.1 Å². The van der Waals surface area contributed by atoms with Gasteiger partial charge in [0.1, 0.15) is 0 Å². The van der Waals surface area contributed by atoms with Crippen molar-refractivity contribution in [1.29, 1.82) is 0 Å². The summed E-state index contributed by atoms with van der Waals surface area (Å²) in [5, 5.41) is 0. The van der Waals surface area contributed by atoms with Crippen LogP contribution in [-0.2, 0) is 6.42 Å². The lowest BCUT2D eigenvalue weighted by molar-refractivity contribution is 0.478. The quantitative estimate of drug-likeness (QED) is 0.558. The second-order valence-electron chi connectivity index (χ2n) is 4.05. The van der Waals surface area contributed by atoms with Gasteiger partial charge in [-0.3, -0.25) is 0 Å². The minimum atomic E-state index is 0.796. The molecular formula is C13H17N. The standard InChI is InChI=1S/C13H17N/c14-13-9-5-4-8-12(13)10-11-6-2-1-3-7-11/h1-2,4-5,8-9,11H,3,6-7,10,14H2. The average molecular weight is 187 g/mol. The molecule has 0 fully saturated rings. The maximum Gasteiger partial charge on any atom is 0.0346 e. The van der Waals surface area contributed by atoms with E-state index in [2.05, 4.69) is 24.3 Å². The molecule has 1 nitrogen and oxygen atoms in total. The molecule has 1 unspecified atom stereocenters. The van der Waals surface area contributed by atoms with E-state index in [9.17, 15) is 0 Å². The predicted molar refractivity (Wildman–Crippen MR) is 61.0 cm³/mol. The van der Waals surface area contributed by atoms with Crippen molar-refractivity contribution in [3.8, 4) is 0 Å². The lowest BCUT2D eigenvalue weighted by Gasteiger charge is -2.18. The first kappa shape index (κ1) is 9.32. The molecule has 0 spiro atoms. The Balaban J connectivity index is 2.03. The van der Waals surface area contributed by atoms with Crippen LogP contribution in [0, 0.1) is 5.92 Å². The fourth-order valence-electron chi connectivity index (χ4n) is 2.07. The summed E-state index contributed by atoms with van der Waals surface area (Å²) in [5.74, 6) is 0.796. The van der Waals surface area contributed by atoms with Gasteiger partial charge in [-0.05, 0) is 43.2 Å². The Morgan fingerprint density at radius 3 is 2.79 bits per heavy atom. The summed E-state index contributed by atoms with van der Waals surface area (Å²) in [7, 11) is 0. The van der Waals surface area contributed by atoms with Gasteiger partial charge in [-0.1, -0.05) is 30.4 Å². The van der Waals surface area contributed by atoms with E-state index in [1.165, 1.54) is 24.8 Å². The van der Waals surface area contributed by atoms with Gasteiger partial charge in [0, 0.05) is 5.69 Å². The Labute approximate surface area is 85.6 Å². The minimum absolute atomic E-state index is 0.796. The largest absolute Gasteiger partial charge is 0.399 e. The molecule has 1 heteroatoms. The van der Waals surface area contributed by atoms with Gasteiger partial charge in [0.15, 0.2) is 0 Å². The number of para-hydroxylation sites is 1. The lowest BCUT2D eigenvalue weighted by Crippen LogP contribution is -2.07. The van der Waals surface area contributed by atoms with E-state index in [1.54, 1.807) is 0 Å². The number of anilines is 1. The van der Waals surface area contributed by atoms with E-state index in [4.69, 9.17) is 5.73 Å². The van der Waals surface area contributed by atoms with E-state index in [0.29, 0.717) is 0 Å². The normalized spacial score (nSPS) is 21.0. The highest BCUT2D eigenvalue weighted by Gasteiger charge is 2.11. The Kier molecular flexibility index (Phi) is 2.87. The van der Waals surface area contributed by atoms with Gasteiger partial charge in [-0.2, -0.15) is 0 Å². The third-order valence-electron chi connectivity index (χ3n) is 2.94. The van der Waals surface area contributed by atoms with Crippen molar-refractivity contribution in [2.24, 2.45) is 5.92 Å². The van der Waals surface area contributed by atoms with Crippen LogP contribution in [0.3, 0.4) is 0 Å². The molecule has 74 valence electrons. The summed E-state index contributed by atoms with van der Waals surface area (Å²) in [5.41, 5.74) is 8.18. The number of hydrogen-bond donors (Lipinski definition) is 1. The third-order valence-corrected chi connectivity index (χ3v) is 2.94. The first-order valence-corrected chi connectivity index (χ1v) is 5.34. The fourth-order valence-corrected chi connectivity index (χ4v) is 2.07. The summed E-state index contributed by atoms with van der Waals surface area (Å²) < 4.78 is 0. The van der Waals surface area contributed by atoms with Crippen molar-refractivity contribution in [3.05, 3.63) is 42.0 Å². The Bertz CT molecular complexity index is 328. The molecule has 0 aliphatic heterocycles. The van der Waals surface area contributed by atoms with Crippen molar-refractivity contribution in [3.63, 3.8) is 0 Å². The summed E-state index contributed by atoms with van der Waals surface area (Å²) in [4.78, 5) is 0. The van der Waals surface area contributed by atoms with E-state index in [-0.39, 0.29) is 0 Å². The van der Waals surface area contributed by atoms with Crippen LogP contribution in [0.25, 0.3) is 0 Å². The van der Waals surface area contributed by atoms with Crippen LogP contribution in [0.4, 0.5) is 5.69 Å². The molecule has 14 heavy (non-hydrogen) atoms. The fraction of sp³-hybridized carbons (Fsp3) is 0.385. The van der Waals surface area contributed by atoms with Crippen molar-refractivity contribution >= 4 is 5.69 Å². The number of allylic oxidation sites excluding steroid dienone is 2. The summed E-state index contributed by atoms with van der Waals surface area (Å²) in [6.07, 6.45) is 9.48. The van der Waals surface area contributed by atoms with Crippen molar-refractivity contribution in [1.82, 2.24) is 0 Å². The molecule has 0 heterocycles. The Morgan fingerprint density at radius 2 is 2.07 bits per heavy atom. The predicted octanol–water partition coefficient (Wildman–Crippen LogP) is 3.17. The highest BCUT2D eigenvalue weighted by molar-refractivity contribution is 5.46. The molecule has 1 aromatic rings. The van der Waals surface area contributed by atoms with Crippen LogP contribution in [0.15, 0.2) is 36.4 Å². The summed E-state index contributed by atoms with van der Waals surface area (Å²) in [6, 6.07) is 8.21. The molecule has 0 amide bonds. The number of nitrogen functional groups attached to an aromatic ring is 1. The zero-order chi connectivity index (χ0) is 9.80. The minimum Gasteiger partial charge on any atom is -0.399 e. The molecule has 1 aliphatic rings. The second-order valence-corrected chi connectivity index (χ2v) is 4.05. The second kappa shape index (κ2) is 4.32. The van der Waals surface area contributed by atoms with Crippen molar-refractivity contribution in [2.45, 2.75) is 25.7 Å². The van der Waals surface area contributed by atoms with E-state index >= 15 is 0 Å². The molecule has 1 aromatic carbocycles. The van der Waals surface area contributed by atoms with Crippen molar-refractivity contribution in [2.75, 3.05) is 5.73 Å². The first-order valence-electron chi connectivity index (χ1n) is 5.34. The van der Waals surface area contributed by atoms with Gasteiger partial charge >= 0.3 is 0 Å². The maximum atomic E-state index is 5.92. The summed E-state index contributed by atoms with van der Waals surface area (Å²) >= 11 is 0. The SMILES string of the molecule is Nc1ccccc1CC1CC=CCC1. The average Bonchev–Trinajstić information content (AvgIpc) is 2.23. The van der Waals surface area contributed by atoms with Gasteiger partial charge < -0.3 is 5.73 Å². The first-order chi connectivity index (χ1) is 6.86. The molecule has 0 saturated carbocycles. The highest BCUT2D eigenvalue weighted by Crippen LogP contribution is 2.24. The third kappa shape index (κ3) is 2.16. The molecule has 0 saturated heterocycles. The molecule has 2 rings (SSSR count). The zero-order valence-electron chi connectivity index (χ0n) is 8.45. The van der Waals surface area contributed by atoms with Crippen LogP contribution in [0.1, 0.15) is 24.8 Å². The summed E-state index contributed by atoms with van der Waals surface area (Å²) in [6.45, 7) is 0. The van der Waals surface area contributed by atoms with Crippen molar-refractivity contribution < 1.29 is 0 Å². The van der Waals surface area contributed by atoms with Gasteiger partial charge in [0.05, 0.1) is 0 Å². The number of benzene rings is 1.